The Hall–Kier alpha value is -1.37. The van der Waals surface area contributed by atoms with Crippen molar-refractivity contribution in [1.29, 1.82) is 0 Å². The molecule has 1 amide bonds. The highest BCUT2D eigenvalue weighted by molar-refractivity contribution is 5.80. The maximum Gasteiger partial charge on any atom is 0.249 e. The zero-order chi connectivity index (χ0) is 40.4. The predicted octanol–water partition coefficient (Wildman–Crippen LogP) is 8.08. The Balaban J connectivity index is 2.43. The predicted molar refractivity (Wildman–Crippen MR) is 223 cm³/mol. The first-order chi connectivity index (χ1) is 26.8. The Morgan fingerprint density at radius 3 is 1.58 bits per heavy atom. The third-order valence-electron chi connectivity index (χ3n) is 10.9. The molecule has 0 aromatic carbocycles. The highest BCUT2D eigenvalue weighted by atomic mass is 16.7. The van der Waals surface area contributed by atoms with E-state index in [0.29, 0.717) is 19.3 Å². The minimum absolute atomic E-state index is 0.307. The average molecular weight is 784 g/mol. The fourth-order valence-electron chi connectivity index (χ4n) is 7.12. The molecule has 2 unspecified atom stereocenters. The second-order valence-corrected chi connectivity index (χ2v) is 16.0. The summed E-state index contributed by atoms with van der Waals surface area (Å²) in [5.74, 6) is -0.625. The van der Waals surface area contributed by atoms with E-state index in [9.17, 15) is 35.4 Å². The van der Waals surface area contributed by atoms with Crippen LogP contribution in [0.25, 0.3) is 0 Å². The molecule has 1 saturated heterocycles. The number of aliphatic hydroxyl groups is 6. The summed E-state index contributed by atoms with van der Waals surface area (Å²) in [6, 6.07) is -0.991. The van der Waals surface area contributed by atoms with Crippen molar-refractivity contribution >= 4 is 5.91 Å². The molecule has 10 nitrogen and oxygen atoms in total. The molecule has 55 heavy (non-hydrogen) atoms. The number of carbonyl (C=O) groups is 1. The van der Waals surface area contributed by atoms with E-state index in [-0.39, 0.29) is 6.61 Å². The second kappa shape index (κ2) is 35.8. The number of amides is 1. The van der Waals surface area contributed by atoms with E-state index in [2.05, 4.69) is 31.3 Å². The molecule has 0 spiro atoms. The average Bonchev–Trinajstić information content (AvgIpc) is 3.18. The van der Waals surface area contributed by atoms with Gasteiger partial charge < -0.3 is 45.4 Å². The maximum absolute atomic E-state index is 13.0. The molecule has 0 aromatic rings. The highest BCUT2D eigenvalue weighted by Crippen LogP contribution is 2.23. The molecule has 10 heteroatoms. The van der Waals surface area contributed by atoms with Crippen LogP contribution in [0.1, 0.15) is 194 Å². The van der Waals surface area contributed by atoms with Gasteiger partial charge >= 0.3 is 0 Å². The van der Waals surface area contributed by atoms with Crippen LogP contribution < -0.4 is 5.32 Å². The molecule has 0 radical (unpaired) electrons. The summed E-state index contributed by atoms with van der Waals surface area (Å²) in [4.78, 5) is 13.0. The summed E-state index contributed by atoms with van der Waals surface area (Å²) in [6.45, 7) is 3.58. The summed E-state index contributed by atoms with van der Waals surface area (Å²) >= 11 is 0. The lowest BCUT2D eigenvalue weighted by atomic mass is 9.99. The molecule has 1 aliphatic heterocycles. The number of hydrogen-bond acceptors (Lipinski definition) is 9. The molecule has 324 valence electrons. The van der Waals surface area contributed by atoms with E-state index in [1.54, 1.807) is 6.08 Å². The van der Waals surface area contributed by atoms with Gasteiger partial charge in [0.1, 0.15) is 30.5 Å². The Kier molecular flexibility index (Phi) is 33.6. The number of carbonyl (C=O) groups excluding carboxylic acids is 1. The monoisotopic (exact) mass is 784 g/mol. The topological polar surface area (TPSA) is 169 Å². The van der Waals surface area contributed by atoms with E-state index >= 15 is 0 Å². The van der Waals surface area contributed by atoms with Gasteiger partial charge in [-0.1, -0.05) is 186 Å². The van der Waals surface area contributed by atoms with E-state index in [1.807, 2.05) is 6.08 Å². The fraction of sp³-hybridized carbons (Fsp3) is 0.889. The first-order valence-corrected chi connectivity index (χ1v) is 22.7. The van der Waals surface area contributed by atoms with Crippen LogP contribution in [0, 0.1) is 0 Å². The third kappa shape index (κ3) is 26.3. The van der Waals surface area contributed by atoms with Gasteiger partial charge in [0.2, 0.25) is 5.91 Å². The van der Waals surface area contributed by atoms with Gasteiger partial charge in [-0.3, -0.25) is 4.79 Å². The lowest BCUT2D eigenvalue weighted by Crippen LogP contribution is -2.60. The van der Waals surface area contributed by atoms with Gasteiger partial charge in [0, 0.05) is 0 Å². The summed E-state index contributed by atoms with van der Waals surface area (Å²) in [5.41, 5.74) is 0. The molecule has 0 saturated carbocycles. The largest absolute Gasteiger partial charge is 0.394 e. The van der Waals surface area contributed by atoms with Gasteiger partial charge in [-0.15, -0.1) is 0 Å². The molecule has 0 aromatic heterocycles. The zero-order valence-electron chi connectivity index (χ0n) is 35.0. The summed E-state index contributed by atoms with van der Waals surface area (Å²) in [6.07, 6.45) is 31.2. The molecule has 1 fully saturated rings. The lowest BCUT2D eigenvalue weighted by molar-refractivity contribution is -0.302. The number of unbranched alkanes of at least 4 members (excludes halogenated alkanes) is 24. The minimum atomic E-state index is -1.61. The van der Waals surface area contributed by atoms with Crippen LogP contribution in [0.15, 0.2) is 24.3 Å². The van der Waals surface area contributed by atoms with Crippen LogP contribution in [-0.4, -0.2) is 98.7 Å². The van der Waals surface area contributed by atoms with Crippen LogP contribution in [0.3, 0.4) is 0 Å². The Morgan fingerprint density at radius 1 is 0.618 bits per heavy atom. The number of nitrogens with one attached hydrogen (secondary N) is 1. The van der Waals surface area contributed by atoms with Crippen LogP contribution in [0.5, 0.6) is 0 Å². The van der Waals surface area contributed by atoms with Crippen LogP contribution >= 0.6 is 0 Å². The van der Waals surface area contributed by atoms with Crippen molar-refractivity contribution in [2.45, 2.75) is 243 Å². The molecular formula is C45H85NO9. The quantitative estimate of drug-likeness (QED) is 0.0243. The van der Waals surface area contributed by atoms with Gasteiger partial charge in [-0.25, -0.2) is 0 Å². The van der Waals surface area contributed by atoms with Gasteiger partial charge in [0.25, 0.3) is 0 Å². The molecule has 1 aliphatic rings. The van der Waals surface area contributed by atoms with Gasteiger partial charge in [0.15, 0.2) is 6.29 Å². The third-order valence-corrected chi connectivity index (χ3v) is 10.9. The Labute approximate surface area is 335 Å². The van der Waals surface area contributed by atoms with Crippen molar-refractivity contribution in [3.05, 3.63) is 24.3 Å². The van der Waals surface area contributed by atoms with E-state index < -0.39 is 61.5 Å². The number of aliphatic hydroxyl groups excluding tert-OH is 6. The Morgan fingerprint density at radius 2 is 1.07 bits per heavy atom. The van der Waals surface area contributed by atoms with Gasteiger partial charge in [-0.05, 0) is 32.1 Å². The normalized spacial score (nSPS) is 22.1. The summed E-state index contributed by atoms with van der Waals surface area (Å²) in [7, 11) is 0. The number of rotatable bonds is 37. The zero-order valence-corrected chi connectivity index (χ0v) is 35.0. The highest BCUT2D eigenvalue weighted by Gasteiger charge is 2.44. The molecule has 1 rings (SSSR count). The number of allylic oxidation sites excluding steroid dienone is 3. The molecule has 0 aliphatic carbocycles. The summed E-state index contributed by atoms with van der Waals surface area (Å²) < 4.78 is 11.1. The second-order valence-electron chi connectivity index (χ2n) is 16.0. The van der Waals surface area contributed by atoms with Crippen LogP contribution in [0.4, 0.5) is 0 Å². The first-order valence-electron chi connectivity index (χ1n) is 22.7. The minimum Gasteiger partial charge on any atom is -0.394 e. The standard InChI is InChI=1S/C45H85NO9/c1-3-5-7-9-11-13-15-17-18-19-20-22-24-26-28-30-32-34-39(49)44(53)46-37(36-54-45-43(52)42(51)41(50)40(35-47)55-45)38(48)33-31-29-27-25-23-21-16-14-12-10-8-6-4-2/h23,25,31,33,37-43,45,47-52H,3-22,24,26-30,32,34-36H2,1-2H3,(H,46,53)/b25-23-,33-31+/t37-,38+,39+,40+,41+,42?,43?,45+/m0/s1. The molecule has 1 heterocycles. The number of ether oxygens (including phenoxy) is 2. The van der Waals surface area contributed by atoms with Crippen molar-refractivity contribution in [2.24, 2.45) is 0 Å². The fourth-order valence-corrected chi connectivity index (χ4v) is 7.12. The molecule has 7 N–H and O–H groups in total. The lowest BCUT2D eigenvalue weighted by Gasteiger charge is -2.40. The SMILES string of the molecule is CCCCCCCCC/C=C\CC/C=C/[C@@H](O)[C@H](CO[C@@H]1O[C@H](CO)[C@@H](O)C(O)C1O)NC(=O)[C@H](O)CCCCCCCCCCCCCCCCCCC. The van der Waals surface area contributed by atoms with Crippen molar-refractivity contribution in [3.8, 4) is 0 Å². The van der Waals surface area contributed by atoms with Crippen molar-refractivity contribution in [2.75, 3.05) is 13.2 Å². The van der Waals surface area contributed by atoms with Gasteiger partial charge in [0.05, 0.1) is 25.4 Å². The van der Waals surface area contributed by atoms with Crippen LogP contribution in [-0.2, 0) is 14.3 Å². The molecule has 0 bridgehead atoms. The van der Waals surface area contributed by atoms with E-state index in [0.717, 1.165) is 32.1 Å². The van der Waals surface area contributed by atoms with Crippen molar-refractivity contribution < 1.29 is 44.9 Å². The summed E-state index contributed by atoms with van der Waals surface area (Å²) in [5, 5.41) is 64.5. The van der Waals surface area contributed by atoms with Crippen LogP contribution in [0.2, 0.25) is 0 Å². The number of hydrogen-bond donors (Lipinski definition) is 7. The maximum atomic E-state index is 13.0. The molecular weight excluding hydrogens is 698 g/mol. The van der Waals surface area contributed by atoms with E-state index in [1.165, 1.54) is 128 Å². The molecule has 8 atom stereocenters. The van der Waals surface area contributed by atoms with E-state index in [4.69, 9.17) is 9.47 Å². The van der Waals surface area contributed by atoms with Crippen molar-refractivity contribution in [3.63, 3.8) is 0 Å². The Bertz CT molecular complexity index is 932. The van der Waals surface area contributed by atoms with Crippen molar-refractivity contribution in [1.82, 2.24) is 5.32 Å². The smallest absolute Gasteiger partial charge is 0.249 e. The first kappa shape index (κ1) is 51.6. The van der Waals surface area contributed by atoms with Gasteiger partial charge in [-0.2, -0.15) is 0 Å².